The Hall–Kier alpha value is -3.34. The zero-order valence-corrected chi connectivity index (χ0v) is 19.8. The summed E-state index contributed by atoms with van der Waals surface area (Å²) in [6, 6.07) is 22.4. The molecule has 0 unspecified atom stereocenters. The van der Waals surface area contributed by atoms with Gasteiger partial charge in [-0.1, -0.05) is 65.0 Å². The lowest BCUT2D eigenvalue weighted by Gasteiger charge is -2.34. The first kappa shape index (κ1) is 21.9. The van der Waals surface area contributed by atoms with Crippen LogP contribution in [0, 0.1) is 5.41 Å². The van der Waals surface area contributed by atoms with Crippen molar-refractivity contribution in [2.75, 3.05) is 12.4 Å². The summed E-state index contributed by atoms with van der Waals surface area (Å²) in [7, 11) is 1.69. The monoisotopic (exact) mass is 428 g/mol. The largest absolute Gasteiger partial charge is 0.492 e. The molecule has 32 heavy (non-hydrogen) atoms. The van der Waals surface area contributed by atoms with Crippen molar-refractivity contribution < 1.29 is 4.74 Å². The summed E-state index contributed by atoms with van der Waals surface area (Å²) in [5.41, 5.74) is 5.77. The molecule has 5 nitrogen and oxygen atoms in total. The summed E-state index contributed by atoms with van der Waals surface area (Å²) in [6.07, 6.45) is 1.03. The Morgan fingerprint density at radius 2 is 1.44 bits per heavy atom. The second kappa shape index (κ2) is 8.30. The summed E-state index contributed by atoms with van der Waals surface area (Å²) < 4.78 is 5.90. The number of anilines is 2. The Bertz CT molecular complexity index is 1190. The van der Waals surface area contributed by atoms with E-state index in [4.69, 9.17) is 14.9 Å². The van der Waals surface area contributed by atoms with Gasteiger partial charge in [0.2, 0.25) is 0 Å². The molecule has 0 bridgehead atoms. The van der Waals surface area contributed by atoms with Gasteiger partial charge in [-0.05, 0) is 59.2 Å². The van der Waals surface area contributed by atoms with Crippen molar-refractivity contribution >= 4 is 22.4 Å². The minimum absolute atomic E-state index is 0.0566. The maximum Gasteiger partial charge on any atom is 0.169 e. The maximum absolute atomic E-state index is 5.90. The highest BCUT2D eigenvalue weighted by Gasteiger charge is 2.30. The highest BCUT2D eigenvalue weighted by molar-refractivity contribution is 5.76. The molecule has 0 atom stereocenters. The SMILES string of the molecule is COc1c(Nc2ccccc2)cc(C(C)(C)CC(C)(C)C)cc1-n1nc2ccccc2n1. The molecule has 166 valence electrons. The molecule has 0 aliphatic heterocycles. The van der Waals surface area contributed by atoms with Crippen LogP contribution in [0.25, 0.3) is 16.7 Å². The number of para-hydroxylation sites is 1. The van der Waals surface area contributed by atoms with Gasteiger partial charge in [-0.25, -0.2) is 0 Å². The van der Waals surface area contributed by atoms with Crippen LogP contribution in [0.15, 0.2) is 66.7 Å². The van der Waals surface area contributed by atoms with Gasteiger partial charge in [0.1, 0.15) is 16.7 Å². The van der Waals surface area contributed by atoms with Crippen LogP contribution in [0.1, 0.15) is 46.6 Å². The predicted molar refractivity (Wildman–Crippen MR) is 132 cm³/mol. The molecule has 0 saturated carbocycles. The number of methoxy groups -OCH3 is 1. The molecule has 4 rings (SSSR count). The van der Waals surface area contributed by atoms with E-state index in [9.17, 15) is 0 Å². The number of fused-ring (bicyclic) bond motifs is 1. The first-order valence-electron chi connectivity index (χ1n) is 11.0. The molecule has 0 aliphatic rings. The van der Waals surface area contributed by atoms with Crippen molar-refractivity contribution in [2.24, 2.45) is 5.41 Å². The summed E-state index contributed by atoms with van der Waals surface area (Å²) in [6.45, 7) is 11.4. The Labute approximate surface area is 190 Å². The van der Waals surface area contributed by atoms with Crippen LogP contribution in [-0.2, 0) is 5.41 Å². The van der Waals surface area contributed by atoms with Crippen molar-refractivity contribution in [3.05, 3.63) is 72.3 Å². The fourth-order valence-electron chi connectivity index (χ4n) is 4.53. The minimum Gasteiger partial charge on any atom is -0.492 e. The van der Waals surface area contributed by atoms with E-state index in [1.54, 1.807) is 11.9 Å². The van der Waals surface area contributed by atoms with Crippen molar-refractivity contribution in [3.8, 4) is 11.4 Å². The molecule has 0 aliphatic carbocycles. The highest BCUT2D eigenvalue weighted by Crippen LogP contribution is 2.42. The topological polar surface area (TPSA) is 52.0 Å². The summed E-state index contributed by atoms with van der Waals surface area (Å²) in [4.78, 5) is 1.69. The summed E-state index contributed by atoms with van der Waals surface area (Å²) >= 11 is 0. The van der Waals surface area contributed by atoms with Gasteiger partial charge in [-0.15, -0.1) is 15.0 Å². The van der Waals surface area contributed by atoms with E-state index in [1.165, 1.54) is 5.56 Å². The normalized spacial score (nSPS) is 12.2. The van der Waals surface area contributed by atoms with Crippen LogP contribution in [0.3, 0.4) is 0 Å². The Morgan fingerprint density at radius 3 is 2.00 bits per heavy atom. The number of nitrogens with one attached hydrogen (secondary N) is 1. The lowest BCUT2D eigenvalue weighted by Crippen LogP contribution is -2.25. The van der Waals surface area contributed by atoms with E-state index >= 15 is 0 Å². The standard InChI is InChI=1S/C27H32N4O/c1-26(2,3)18-27(4,5)19-16-23(28-20-12-8-7-9-13-20)25(32-6)24(17-19)31-29-21-14-10-11-15-22(21)30-31/h7-17,28H,18H2,1-6H3. The first-order chi connectivity index (χ1) is 15.2. The van der Waals surface area contributed by atoms with Gasteiger partial charge in [-0.2, -0.15) is 0 Å². The molecule has 5 heteroatoms. The fourth-order valence-corrected chi connectivity index (χ4v) is 4.53. The molecule has 0 fully saturated rings. The summed E-state index contributed by atoms with van der Waals surface area (Å²) in [5, 5.41) is 13.0. The first-order valence-corrected chi connectivity index (χ1v) is 11.0. The minimum atomic E-state index is -0.0566. The second-order valence-electron chi connectivity index (χ2n) is 10.2. The number of ether oxygens (including phenoxy) is 1. The number of benzene rings is 3. The molecular formula is C27H32N4O. The van der Waals surface area contributed by atoms with Crippen LogP contribution >= 0.6 is 0 Å². The molecular weight excluding hydrogens is 396 g/mol. The Balaban J connectivity index is 1.91. The quantitative estimate of drug-likeness (QED) is 0.363. The average Bonchev–Trinajstić information content (AvgIpc) is 3.16. The number of aromatic nitrogens is 3. The molecule has 1 heterocycles. The van der Waals surface area contributed by atoms with E-state index in [0.29, 0.717) is 5.75 Å². The molecule has 0 saturated heterocycles. The highest BCUT2D eigenvalue weighted by atomic mass is 16.5. The van der Waals surface area contributed by atoms with Crippen molar-refractivity contribution in [1.82, 2.24) is 15.0 Å². The van der Waals surface area contributed by atoms with E-state index in [1.807, 2.05) is 54.6 Å². The third-order valence-electron chi connectivity index (χ3n) is 5.58. The molecule has 0 spiro atoms. The van der Waals surface area contributed by atoms with Crippen molar-refractivity contribution in [3.63, 3.8) is 0 Å². The van der Waals surface area contributed by atoms with Crippen molar-refractivity contribution in [1.29, 1.82) is 0 Å². The number of hydrogen-bond acceptors (Lipinski definition) is 4. The van der Waals surface area contributed by atoms with Crippen molar-refractivity contribution in [2.45, 2.75) is 46.5 Å². The molecule has 0 amide bonds. The average molecular weight is 429 g/mol. The molecule has 1 aromatic heterocycles. The van der Waals surface area contributed by atoms with Gasteiger partial charge in [-0.3, -0.25) is 0 Å². The van der Waals surface area contributed by atoms with Gasteiger partial charge in [0.05, 0.1) is 12.8 Å². The van der Waals surface area contributed by atoms with Crippen LogP contribution in [0.5, 0.6) is 5.75 Å². The van der Waals surface area contributed by atoms with Gasteiger partial charge in [0.15, 0.2) is 5.75 Å². The van der Waals surface area contributed by atoms with Crippen LogP contribution in [-0.4, -0.2) is 22.1 Å². The van der Waals surface area contributed by atoms with E-state index < -0.39 is 0 Å². The van der Waals surface area contributed by atoms with E-state index in [2.05, 4.69) is 52.1 Å². The third kappa shape index (κ3) is 4.62. The fraction of sp³-hybridized carbons (Fsp3) is 0.333. The lowest BCUT2D eigenvalue weighted by atomic mass is 9.72. The maximum atomic E-state index is 5.90. The Morgan fingerprint density at radius 1 is 0.844 bits per heavy atom. The zero-order valence-electron chi connectivity index (χ0n) is 19.8. The van der Waals surface area contributed by atoms with Crippen LogP contribution in [0.2, 0.25) is 0 Å². The Kier molecular flexibility index (Phi) is 5.68. The molecule has 3 aromatic carbocycles. The number of nitrogens with zero attached hydrogens (tertiary/aromatic N) is 3. The molecule has 0 radical (unpaired) electrons. The van der Waals surface area contributed by atoms with Crippen LogP contribution in [0.4, 0.5) is 11.4 Å². The van der Waals surface area contributed by atoms with Gasteiger partial charge in [0, 0.05) is 5.69 Å². The number of rotatable bonds is 6. The van der Waals surface area contributed by atoms with Gasteiger partial charge >= 0.3 is 0 Å². The van der Waals surface area contributed by atoms with Gasteiger partial charge in [0.25, 0.3) is 0 Å². The molecule has 1 N–H and O–H groups in total. The second-order valence-corrected chi connectivity index (χ2v) is 10.2. The number of hydrogen-bond donors (Lipinski definition) is 1. The molecule has 4 aromatic rings. The smallest absolute Gasteiger partial charge is 0.169 e. The van der Waals surface area contributed by atoms with Crippen LogP contribution < -0.4 is 10.1 Å². The zero-order chi connectivity index (χ0) is 22.9. The predicted octanol–water partition coefficient (Wildman–Crippen LogP) is 6.89. The van der Waals surface area contributed by atoms with Gasteiger partial charge < -0.3 is 10.1 Å². The van der Waals surface area contributed by atoms with E-state index in [-0.39, 0.29) is 10.8 Å². The van der Waals surface area contributed by atoms with E-state index in [0.717, 1.165) is 34.5 Å². The third-order valence-corrected chi connectivity index (χ3v) is 5.58. The lowest BCUT2D eigenvalue weighted by molar-refractivity contribution is 0.284. The summed E-state index contributed by atoms with van der Waals surface area (Å²) in [5.74, 6) is 0.712.